The van der Waals surface area contributed by atoms with Crippen LogP contribution < -0.4 is 0 Å². The molecule has 2 heterocycles. The van der Waals surface area contributed by atoms with Crippen LogP contribution in [0.4, 0.5) is 0 Å². The number of hydrogen-bond acceptors (Lipinski definition) is 4. The van der Waals surface area contributed by atoms with Crippen molar-refractivity contribution >= 4 is 11.9 Å². The Morgan fingerprint density at radius 2 is 1.78 bits per heavy atom. The third kappa shape index (κ3) is 5.08. The molecular weight excluding hydrogens is 342 g/mol. The number of carbonyl (C=O) groups excluding carboxylic acids is 1. The zero-order chi connectivity index (χ0) is 19.4. The fraction of sp³-hybridized carbons (Fsp3) is 0.619. The number of aromatic carboxylic acids is 1. The summed E-state index contributed by atoms with van der Waals surface area (Å²) in [6.45, 7) is 4.23. The zero-order valence-electron chi connectivity index (χ0n) is 16.4. The van der Waals surface area contributed by atoms with Crippen LogP contribution in [-0.2, 0) is 4.79 Å². The maximum absolute atomic E-state index is 12.8. The molecule has 0 saturated carbocycles. The first-order chi connectivity index (χ1) is 12.9. The smallest absolute Gasteiger partial charge is 0.335 e. The van der Waals surface area contributed by atoms with Crippen LogP contribution in [0.25, 0.3) is 0 Å². The second-order valence-corrected chi connectivity index (χ2v) is 8.06. The number of carbonyl (C=O) groups is 2. The fourth-order valence-corrected chi connectivity index (χ4v) is 4.25. The largest absolute Gasteiger partial charge is 0.478 e. The summed E-state index contributed by atoms with van der Waals surface area (Å²) in [6.07, 6.45) is 4.29. The SMILES string of the molecule is CN1CCC(N(C)CC(=O)N2CCC[C@@H](c3ccc(C(=O)O)cc3)C2)CC1. The number of nitrogens with zero attached hydrogens (tertiary/aromatic N) is 3. The van der Waals surface area contributed by atoms with E-state index in [0.717, 1.165) is 57.4 Å². The molecule has 1 N–H and O–H groups in total. The number of likely N-dealkylation sites (tertiary alicyclic amines) is 2. The van der Waals surface area contributed by atoms with Gasteiger partial charge in [0.2, 0.25) is 5.91 Å². The number of carboxylic acids is 1. The van der Waals surface area contributed by atoms with Gasteiger partial charge in [-0.1, -0.05) is 12.1 Å². The average Bonchev–Trinajstić information content (AvgIpc) is 2.68. The summed E-state index contributed by atoms with van der Waals surface area (Å²) in [4.78, 5) is 30.4. The maximum atomic E-state index is 12.8. The van der Waals surface area contributed by atoms with Crippen molar-refractivity contribution in [2.75, 3.05) is 46.8 Å². The van der Waals surface area contributed by atoms with Crippen molar-refractivity contribution in [3.63, 3.8) is 0 Å². The van der Waals surface area contributed by atoms with Gasteiger partial charge in [-0.2, -0.15) is 0 Å². The third-order valence-corrected chi connectivity index (χ3v) is 6.10. The topological polar surface area (TPSA) is 64.1 Å². The van der Waals surface area contributed by atoms with Gasteiger partial charge >= 0.3 is 5.97 Å². The zero-order valence-corrected chi connectivity index (χ0v) is 16.4. The predicted octanol–water partition coefficient (Wildman–Crippen LogP) is 2.12. The maximum Gasteiger partial charge on any atom is 0.335 e. The van der Waals surface area contributed by atoms with Crippen LogP contribution in [0.2, 0.25) is 0 Å². The van der Waals surface area contributed by atoms with E-state index in [1.807, 2.05) is 17.0 Å². The second kappa shape index (κ2) is 8.85. The second-order valence-electron chi connectivity index (χ2n) is 8.06. The highest BCUT2D eigenvalue weighted by Crippen LogP contribution is 2.27. The highest BCUT2D eigenvalue weighted by molar-refractivity contribution is 5.87. The lowest BCUT2D eigenvalue weighted by molar-refractivity contribution is -0.134. The molecular formula is C21H31N3O3. The molecule has 1 atom stereocenters. The summed E-state index contributed by atoms with van der Waals surface area (Å²) < 4.78 is 0. The van der Waals surface area contributed by atoms with Crippen LogP contribution in [0.5, 0.6) is 0 Å². The lowest BCUT2D eigenvalue weighted by atomic mass is 9.90. The van der Waals surface area contributed by atoms with Crippen molar-refractivity contribution in [3.05, 3.63) is 35.4 Å². The Morgan fingerprint density at radius 1 is 1.11 bits per heavy atom. The summed E-state index contributed by atoms with van der Waals surface area (Å²) in [7, 11) is 4.22. The van der Waals surface area contributed by atoms with Crippen LogP contribution in [-0.4, -0.2) is 84.5 Å². The van der Waals surface area contributed by atoms with E-state index in [-0.39, 0.29) is 5.91 Å². The molecule has 0 aliphatic carbocycles. The molecule has 2 saturated heterocycles. The number of carboxylic acid groups (broad SMARTS) is 1. The van der Waals surface area contributed by atoms with Gasteiger partial charge in [0, 0.05) is 25.0 Å². The molecule has 2 fully saturated rings. The number of piperidine rings is 2. The van der Waals surface area contributed by atoms with Crippen LogP contribution in [0.15, 0.2) is 24.3 Å². The molecule has 0 unspecified atom stereocenters. The van der Waals surface area contributed by atoms with E-state index in [2.05, 4.69) is 23.9 Å². The molecule has 6 nitrogen and oxygen atoms in total. The minimum atomic E-state index is -0.904. The average molecular weight is 373 g/mol. The molecule has 1 amide bonds. The van der Waals surface area contributed by atoms with Gasteiger partial charge in [0.05, 0.1) is 12.1 Å². The summed E-state index contributed by atoms with van der Waals surface area (Å²) in [5, 5.41) is 9.05. The summed E-state index contributed by atoms with van der Waals surface area (Å²) in [5.41, 5.74) is 1.43. The number of hydrogen-bond donors (Lipinski definition) is 1. The Hall–Kier alpha value is -1.92. The first-order valence-electron chi connectivity index (χ1n) is 9.94. The van der Waals surface area contributed by atoms with Gasteiger partial charge in [-0.3, -0.25) is 9.69 Å². The Labute approximate surface area is 161 Å². The molecule has 3 rings (SSSR count). The van der Waals surface area contributed by atoms with E-state index in [4.69, 9.17) is 5.11 Å². The standard InChI is InChI=1S/C21H31N3O3/c1-22-12-9-19(10-13-22)23(2)15-20(25)24-11-3-4-18(14-24)16-5-7-17(8-6-16)21(26)27/h5-8,18-19H,3-4,9-15H2,1-2H3,(H,26,27)/t18-/m1/s1. The molecule has 0 bridgehead atoms. The number of rotatable bonds is 5. The van der Waals surface area contributed by atoms with Crippen molar-refractivity contribution in [2.45, 2.75) is 37.6 Å². The van der Waals surface area contributed by atoms with Gasteiger partial charge in [-0.15, -0.1) is 0 Å². The Balaban J connectivity index is 1.55. The van der Waals surface area contributed by atoms with Crippen LogP contribution >= 0.6 is 0 Å². The number of amides is 1. The first-order valence-corrected chi connectivity index (χ1v) is 9.94. The number of benzene rings is 1. The van der Waals surface area contributed by atoms with E-state index in [1.165, 1.54) is 0 Å². The van der Waals surface area contributed by atoms with Crippen molar-refractivity contribution in [1.29, 1.82) is 0 Å². The van der Waals surface area contributed by atoms with Crippen molar-refractivity contribution < 1.29 is 14.7 Å². The normalized spacial score (nSPS) is 22.2. The van der Waals surface area contributed by atoms with E-state index in [9.17, 15) is 9.59 Å². The highest BCUT2D eigenvalue weighted by Gasteiger charge is 2.27. The Kier molecular flexibility index (Phi) is 6.50. The van der Waals surface area contributed by atoms with E-state index in [0.29, 0.717) is 24.1 Å². The molecule has 2 aliphatic rings. The monoisotopic (exact) mass is 373 g/mol. The van der Waals surface area contributed by atoms with E-state index in [1.54, 1.807) is 12.1 Å². The van der Waals surface area contributed by atoms with Gasteiger partial charge in [0.1, 0.15) is 0 Å². The highest BCUT2D eigenvalue weighted by atomic mass is 16.4. The fourth-order valence-electron chi connectivity index (χ4n) is 4.25. The van der Waals surface area contributed by atoms with Gasteiger partial charge < -0.3 is 14.9 Å². The number of likely N-dealkylation sites (N-methyl/N-ethyl adjacent to an activating group) is 1. The van der Waals surface area contributed by atoms with Gasteiger partial charge in [0.15, 0.2) is 0 Å². The van der Waals surface area contributed by atoms with Crippen LogP contribution in [0.1, 0.15) is 47.5 Å². The minimum Gasteiger partial charge on any atom is -0.478 e. The van der Waals surface area contributed by atoms with Crippen molar-refractivity contribution in [1.82, 2.24) is 14.7 Å². The quantitative estimate of drug-likeness (QED) is 0.857. The molecule has 27 heavy (non-hydrogen) atoms. The van der Waals surface area contributed by atoms with Crippen molar-refractivity contribution in [3.8, 4) is 0 Å². The van der Waals surface area contributed by atoms with Crippen LogP contribution in [0.3, 0.4) is 0 Å². The molecule has 1 aromatic rings. The Bertz CT molecular complexity index is 653. The molecule has 148 valence electrons. The lowest BCUT2D eigenvalue weighted by Crippen LogP contribution is -2.48. The van der Waals surface area contributed by atoms with Crippen molar-refractivity contribution in [2.24, 2.45) is 0 Å². The predicted molar refractivity (Wildman–Crippen MR) is 105 cm³/mol. The molecule has 2 aliphatic heterocycles. The summed E-state index contributed by atoms with van der Waals surface area (Å²) in [5.74, 6) is -0.401. The molecule has 0 spiro atoms. The third-order valence-electron chi connectivity index (χ3n) is 6.10. The molecule has 6 heteroatoms. The summed E-state index contributed by atoms with van der Waals surface area (Å²) in [6, 6.07) is 7.60. The molecule has 0 aromatic heterocycles. The molecule has 1 aromatic carbocycles. The van der Waals surface area contributed by atoms with Gasteiger partial charge in [0.25, 0.3) is 0 Å². The van der Waals surface area contributed by atoms with Gasteiger partial charge in [-0.05, 0) is 70.6 Å². The van der Waals surface area contributed by atoms with E-state index < -0.39 is 5.97 Å². The molecule has 0 radical (unpaired) electrons. The van der Waals surface area contributed by atoms with Crippen LogP contribution in [0, 0.1) is 0 Å². The lowest BCUT2D eigenvalue weighted by Gasteiger charge is -2.37. The first kappa shape index (κ1) is 19.8. The van der Waals surface area contributed by atoms with E-state index >= 15 is 0 Å². The Morgan fingerprint density at radius 3 is 2.41 bits per heavy atom. The van der Waals surface area contributed by atoms with Gasteiger partial charge in [-0.25, -0.2) is 4.79 Å². The minimum absolute atomic E-state index is 0.211. The summed E-state index contributed by atoms with van der Waals surface area (Å²) >= 11 is 0.